The van der Waals surface area contributed by atoms with Crippen LogP contribution in [0.4, 0.5) is 0 Å². The van der Waals surface area contributed by atoms with Crippen molar-refractivity contribution in [3.8, 4) is 0 Å². The van der Waals surface area contributed by atoms with Gasteiger partial charge in [-0.05, 0) is 37.9 Å². The fourth-order valence-corrected chi connectivity index (χ4v) is 4.41. The minimum atomic E-state index is 0.300. The molecule has 128 valence electrons. The lowest BCUT2D eigenvalue weighted by Gasteiger charge is -2.37. The number of ether oxygens (including phenoxy) is 1. The smallest absolute Gasteiger partial charge is 0.191 e. The number of nitrogens with one attached hydrogen (secondary N) is 2. The fraction of sp³-hybridized carbons (Fsp3) is 0.941. The third-order valence-electron chi connectivity index (χ3n) is 5.34. The molecule has 0 aromatic rings. The van der Waals surface area contributed by atoms with Crippen molar-refractivity contribution in [3.63, 3.8) is 0 Å². The number of thioether (sulfide) groups is 1. The average molecular weight is 328 g/mol. The monoisotopic (exact) mass is 327 g/mol. The first kappa shape index (κ1) is 17.9. The number of hydrogen-bond donors (Lipinski definition) is 2. The first-order chi connectivity index (χ1) is 10.7. The van der Waals surface area contributed by atoms with Gasteiger partial charge in [0.1, 0.15) is 0 Å². The van der Waals surface area contributed by atoms with Gasteiger partial charge in [0.25, 0.3) is 0 Å². The molecular formula is C17H33N3OS. The highest BCUT2D eigenvalue weighted by atomic mass is 32.2. The van der Waals surface area contributed by atoms with E-state index in [-0.39, 0.29) is 0 Å². The lowest BCUT2D eigenvalue weighted by molar-refractivity contribution is 0.0782. The molecule has 1 aliphatic carbocycles. The van der Waals surface area contributed by atoms with Gasteiger partial charge in [-0.1, -0.05) is 26.2 Å². The standard InChI is InChI=1S/C17H33N3OS/c1-4-14-6-5-7-15(12-14)20-16(18-2)19-13-17(22-3)8-10-21-11-9-17/h14-15H,4-13H2,1-3H3,(H2,18,19,20). The van der Waals surface area contributed by atoms with Crippen molar-refractivity contribution in [2.75, 3.05) is 33.1 Å². The first-order valence-electron chi connectivity index (χ1n) is 8.81. The van der Waals surface area contributed by atoms with Gasteiger partial charge >= 0.3 is 0 Å². The molecule has 0 spiro atoms. The summed E-state index contributed by atoms with van der Waals surface area (Å²) in [5, 5.41) is 7.22. The number of rotatable bonds is 5. The Morgan fingerprint density at radius 3 is 2.73 bits per heavy atom. The molecule has 2 atom stereocenters. The van der Waals surface area contributed by atoms with Gasteiger partial charge in [0.05, 0.1) is 0 Å². The molecule has 4 nitrogen and oxygen atoms in total. The van der Waals surface area contributed by atoms with Gasteiger partial charge in [-0.3, -0.25) is 4.99 Å². The van der Waals surface area contributed by atoms with Crippen molar-refractivity contribution in [1.29, 1.82) is 0 Å². The number of hydrogen-bond acceptors (Lipinski definition) is 3. The summed E-state index contributed by atoms with van der Waals surface area (Å²) >= 11 is 1.97. The van der Waals surface area contributed by atoms with Crippen molar-refractivity contribution in [3.05, 3.63) is 0 Å². The van der Waals surface area contributed by atoms with Crippen LogP contribution < -0.4 is 10.6 Å². The summed E-state index contributed by atoms with van der Waals surface area (Å²) in [6.07, 6.45) is 11.1. The molecule has 0 aromatic heterocycles. The summed E-state index contributed by atoms with van der Waals surface area (Å²) in [5.41, 5.74) is 0. The largest absolute Gasteiger partial charge is 0.381 e. The number of guanidine groups is 1. The lowest BCUT2D eigenvalue weighted by Crippen LogP contribution is -2.50. The highest BCUT2D eigenvalue weighted by Gasteiger charge is 2.32. The van der Waals surface area contributed by atoms with E-state index in [1.807, 2.05) is 18.8 Å². The summed E-state index contributed by atoms with van der Waals surface area (Å²) in [5.74, 6) is 1.86. The van der Waals surface area contributed by atoms with Gasteiger partial charge < -0.3 is 15.4 Å². The predicted octanol–water partition coefficient (Wildman–Crippen LogP) is 3.03. The van der Waals surface area contributed by atoms with E-state index in [1.165, 1.54) is 32.1 Å². The van der Waals surface area contributed by atoms with Crippen molar-refractivity contribution in [1.82, 2.24) is 10.6 Å². The van der Waals surface area contributed by atoms with E-state index in [4.69, 9.17) is 4.74 Å². The Morgan fingerprint density at radius 2 is 2.09 bits per heavy atom. The highest BCUT2D eigenvalue weighted by Crippen LogP contribution is 2.33. The molecule has 2 unspecified atom stereocenters. The lowest BCUT2D eigenvalue weighted by atomic mass is 9.84. The molecular weight excluding hydrogens is 294 g/mol. The molecule has 2 aliphatic rings. The Kier molecular flexibility index (Phi) is 7.35. The molecule has 1 heterocycles. The van der Waals surface area contributed by atoms with Crippen LogP contribution in [0.15, 0.2) is 4.99 Å². The van der Waals surface area contributed by atoms with Crippen molar-refractivity contribution in [2.24, 2.45) is 10.9 Å². The van der Waals surface area contributed by atoms with Crippen LogP contribution in [0.3, 0.4) is 0 Å². The Hall–Kier alpha value is -0.420. The maximum Gasteiger partial charge on any atom is 0.191 e. The van der Waals surface area contributed by atoms with Crippen LogP contribution in [0.25, 0.3) is 0 Å². The average Bonchev–Trinajstić information content (AvgIpc) is 2.59. The van der Waals surface area contributed by atoms with E-state index < -0.39 is 0 Å². The Balaban J connectivity index is 1.81. The zero-order chi connectivity index (χ0) is 15.8. The number of nitrogens with zero attached hydrogens (tertiary/aromatic N) is 1. The van der Waals surface area contributed by atoms with Gasteiger partial charge in [0, 0.05) is 37.6 Å². The highest BCUT2D eigenvalue weighted by molar-refractivity contribution is 8.00. The Bertz CT molecular complexity index is 356. The summed E-state index contributed by atoms with van der Waals surface area (Å²) in [7, 11) is 1.88. The summed E-state index contributed by atoms with van der Waals surface area (Å²) in [6, 6.07) is 0.588. The van der Waals surface area contributed by atoms with E-state index in [0.29, 0.717) is 10.8 Å². The van der Waals surface area contributed by atoms with Crippen LogP contribution in [0.1, 0.15) is 51.9 Å². The topological polar surface area (TPSA) is 45.7 Å². The molecule has 0 amide bonds. The molecule has 2 fully saturated rings. The summed E-state index contributed by atoms with van der Waals surface area (Å²) < 4.78 is 5.82. The van der Waals surface area contributed by atoms with Crippen LogP contribution >= 0.6 is 11.8 Å². The second kappa shape index (κ2) is 9.02. The molecule has 5 heteroatoms. The fourth-order valence-electron chi connectivity index (χ4n) is 3.62. The van der Waals surface area contributed by atoms with Gasteiger partial charge in [-0.15, -0.1) is 0 Å². The van der Waals surface area contributed by atoms with Crippen LogP contribution in [0.5, 0.6) is 0 Å². The van der Waals surface area contributed by atoms with Gasteiger partial charge in [-0.2, -0.15) is 11.8 Å². The van der Waals surface area contributed by atoms with Gasteiger partial charge in [0.2, 0.25) is 0 Å². The Morgan fingerprint density at radius 1 is 1.32 bits per heavy atom. The maximum absolute atomic E-state index is 5.52. The van der Waals surface area contributed by atoms with Crippen LogP contribution in [0, 0.1) is 5.92 Å². The van der Waals surface area contributed by atoms with E-state index in [1.54, 1.807) is 0 Å². The molecule has 0 aromatic carbocycles. The molecule has 1 aliphatic heterocycles. The molecule has 22 heavy (non-hydrogen) atoms. The maximum atomic E-state index is 5.52. The minimum Gasteiger partial charge on any atom is -0.381 e. The molecule has 0 bridgehead atoms. The molecule has 2 N–H and O–H groups in total. The predicted molar refractivity (Wildman–Crippen MR) is 96.8 cm³/mol. The SMILES string of the molecule is CCC1CCCC(NC(=NC)NCC2(SC)CCOCC2)C1. The zero-order valence-corrected chi connectivity index (χ0v) is 15.3. The third-order valence-corrected chi connectivity index (χ3v) is 6.76. The molecule has 0 radical (unpaired) electrons. The van der Waals surface area contributed by atoms with Gasteiger partial charge in [-0.25, -0.2) is 0 Å². The summed E-state index contributed by atoms with van der Waals surface area (Å²) in [6.45, 7) is 5.05. The van der Waals surface area contributed by atoms with Crippen molar-refractivity contribution < 1.29 is 4.74 Å². The van der Waals surface area contributed by atoms with Crippen LogP contribution in [0.2, 0.25) is 0 Å². The molecule has 1 saturated heterocycles. The first-order valence-corrected chi connectivity index (χ1v) is 10.0. The van der Waals surface area contributed by atoms with E-state index >= 15 is 0 Å². The second-order valence-electron chi connectivity index (χ2n) is 6.71. The molecule has 1 saturated carbocycles. The van der Waals surface area contributed by atoms with Crippen molar-refractivity contribution in [2.45, 2.75) is 62.7 Å². The number of aliphatic imine (C=N–C) groups is 1. The minimum absolute atomic E-state index is 0.300. The van der Waals surface area contributed by atoms with E-state index in [9.17, 15) is 0 Å². The summed E-state index contributed by atoms with van der Waals surface area (Å²) in [4.78, 5) is 4.44. The second-order valence-corrected chi connectivity index (χ2v) is 7.98. The zero-order valence-electron chi connectivity index (χ0n) is 14.5. The van der Waals surface area contributed by atoms with Gasteiger partial charge in [0.15, 0.2) is 5.96 Å². The van der Waals surface area contributed by atoms with Crippen LogP contribution in [-0.4, -0.2) is 49.8 Å². The Labute approximate surface area is 140 Å². The third kappa shape index (κ3) is 5.05. The molecule has 2 rings (SSSR count). The van der Waals surface area contributed by atoms with Crippen LogP contribution in [-0.2, 0) is 4.74 Å². The quantitative estimate of drug-likeness (QED) is 0.602. The van der Waals surface area contributed by atoms with Crippen molar-refractivity contribution >= 4 is 17.7 Å². The van der Waals surface area contributed by atoms with E-state index in [0.717, 1.165) is 44.5 Å². The normalized spacial score (nSPS) is 29.1. The van der Waals surface area contributed by atoms with E-state index in [2.05, 4.69) is 28.8 Å².